The Labute approximate surface area is 118 Å². The van der Waals surface area contributed by atoms with E-state index in [9.17, 15) is 24.6 Å². The number of aromatic amines is 1. The van der Waals surface area contributed by atoms with Crippen LogP contribution in [0.3, 0.4) is 0 Å². The van der Waals surface area contributed by atoms with Crippen LogP contribution in [0.4, 0.5) is 0 Å². The molecule has 0 saturated carbocycles. The van der Waals surface area contributed by atoms with Gasteiger partial charge >= 0.3 is 5.97 Å². The van der Waals surface area contributed by atoms with Crippen molar-refractivity contribution in [2.45, 2.75) is 6.04 Å². The molecule has 1 atom stereocenters. The molecule has 0 aliphatic heterocycles. The molecule has 0 aliphatic rings. The molecule has 0 fully saturated rings. The van der Waals surface area contributed by atoms with E-state index >= 15 is 0 Å². The Balaban J connectivity index is 2.27. The fraction of sp³-hybridized carbons (Fsp3) is 0.0714. The number of hydrogen-bond acceptors (Lipinski definition) is 4. The number of H-pyrrole nitrogens is 1. The molecule has 21 heavy (non-hydrogen) atoms. The fourth-order valence-corrected chi connectivity index (χ4v) is 1.78. The van der Waals surface area contributed by atoms with Gasteiger partial charge in [0.1, 0.15) is 5.75 Å². The van der Waals surface area contributed by atoms with Crippen LogP contribution in [0.15, 0.2) is 47.4 Å². The number of carboxylic acid groups (broad SMARTS) is 1. The van der Waals surface area contributed by atoms with Gasteiger partial charge in [-0.2, -0.15) is 0 Å². The lowest BCUT2D eigenvalue weighted by atomic mass is 10.1. The maximum Gasteiger partial charge on any atom is 0.330 e. The SMILES string of the molecule is O=C(NC(C(=O)O)c1ccccc1)c1c[nH]c(=O)cc1O. The molecular weight excluding hydrogens is 276 g/mol. The molecule has 0 radical (unpaired) electrons. The zero-order valence-electron chi connectivity index (χ0n) is 10.7. The molecule has 0 spiro atoms. The lowest BCUT2D eigenvalue weighted by Gasteiger charge is -2.15. The minimum absolute atomic E-state index is 0.211. The van der Waals surface area contributed by atoms with Crippen LogP contribution in [-0.4, -0.2) is 27.1 Å². The van der Waals surface area contributed by atoms with Crippen LogP contribution in [0.5, 0.6) is 5.75 Å². The Morgan fingerprint density at radius 1 is 1.19 bits per heavy atom. The van der Waals surface area contributed by atoms with Gasteiger partial charge in [-0.3, -0.25) is 9.59 Å². The molecule has 2 aromatic rings. The highest BCUT2D eigenvalue weighted by molar-refractivity contribution is 5.98. The number of carbonyl (C=O) groups excluding carboxylic acids is 1. The molecule has 7 heteroatoms. The molecular formula is C14H12N2O5. The highest BCUT2D eigenvalue weighted by Crippen LogP contribution is 2.16. The van der Waals surface area contributed by atoms with Gasteiger partial charge in [0.2, 0.25) is 0 Å². The van der Waals surface area contributed by atoms with Gasteiger partial charge < -0.3 is 20.5 Å². The molecule has 1 aromatic carbocycles. The van der Waals surface area contributed by atoms with E-state index in [1.54, 1.807) is 30.3 Å². The average Bonchev–Trinajstić information content (AvgIpc) is 2.45. The molecule has 0 saturated heterocycles. The molecule has 0 bridgehead atoms. The van der Waals surface area contributed by atoms with Crippen LogP contribution >= 0.6 is 0 Å². The van der Waals surface area contributed by atoms with Crippen molar-refractivity contribution in [3.8, 4) is 5.75 Å². The minimum Gasteiger partial charge on any atom is -0.507 e. The van der Waals surface area contributed by atoms with Gasteiger partial charge in [-0.15, -0.1) is 0 Å². The van der Waals surface area contributed by atoms with E-state index in [0.29, 0.717) is 5.56 Å². The number of hydrogen-bond donors (Lipinski definition) is 4. The Morgan fingerprint density at radius 3 is 2.43 bits per heavy atom. The average molecular weight is 288 g/mol. The van der Waals surface area contributed by atoms with E-state index in [2.05, 4.69) is 10.3 Å². The first-order chi connectivity index (χ1) is 9.99. The topological polar surface area (TPSA) is 119 Å². The van der Waals surface area contributed by atoms with Crippen molar-refractivity contribution >= 4 is 11.9 Å². The second kappa shape index (κ2) is 5.91. The summed E-state index contributed by atoms with van der Waals surface area (Å²) in [6.45, 7) is 0. The number of aliphatic carboxylic acids is 1. The molecule has 4 N–H and O–H groups in total. The van der Waals surface area contributed by atoms with Crippen molar-refractivity contribution in [2.24, 2.45) is 0 Å². The summed E-state index contributed by atoms with van der Waals surface area (Å²) < 4.78 is 0. The summed E-state index contributed by atoms with van der Waals surface area (Å²) in [6, 6.07) is 7.72. The summed E-state index contributed by atoms with van der Waals surface area (Å²) >= 11 is 0. The van der Waals surface area contributed by atoms with E-state index in [1.165, 1.54) is 0 Å². The maximum atomic E-state index is 12.0. The van der Waals surface area contributed by atoms with Crippen LogP contribution in [0, 0.1) is 0 Å². The number of carboxylic acids is 1. The summed E-state index contributed by atoms with van der Waals surface area (Å²) in [4.78, 5) is 36.5. The minimum atomic E-state index is -1.26. The van der Waals surface area contributed by atoms with E-state index in [1.807, 2.05) is 0 Å². The predicted octanol–water partition coefficient (Wildman–Crippen LogP) is 0.636. The van der Waals surface area contributed by atoms with Gasteiger partial charge in [0.25, 0.3) is 11.5 Å². The third kappa shape index (κ3) is 3.27. The number of benzene rings is 1. The number of pyridine rings is 1. The Kier molecular flexibility index (Phi) is 4.03. The zero-order chi connectivity index (χ0) is 15.4. The summed E-state index contributed by atoms with van der Waals surface area (Å²) in [5.41, 5.74) is -0.388. The smallest absolute Gasteiger partial charge is 0.330 e. The molecule has 1 heterocycles. The third-order valence-corrected chi connectivity index (χ3v) is 2.80. The van der Waals surface area contributed by atoms with Gasteiger partial charge in [-0.25, -0.2) is 4.79 Å². The number of carbonyl (C=O) groups is 2. The van der Waals surface area contributed by atoms with Gasteiger partial charge in [-0.05, 0) is 5.56 Å². The van der Waals surface area contributed by atoms with Crippen LogP contribution in [0.1, 0.15) is 22.0 Å². The molecule has 7 nitrogen and oxygen atoms in total. The van der Waals surface area contributed by atoms with Crippen LogP contribution in [-0.2, 0) is 4.79 Å². The first-order valence-electron chi connectivity index (χ1n) is 5.99. The van der Waals surface area contributed by atoms with Crippen LogP contribution < -0.4 is 10.9 Å². The molecule has 1 aromatic heterocycles. The number of nitrogens with one attached hydrogen (secondary N) is 2. The Morgan fingerprint density at radius 2 is 1.86 bits per heavy atom. The number of aromatic hydroxyl groups is 1. The van der Waals surface area contributed by atoms with Gasteiger partial charge in [0.05, 0.1) is 5.56 Å². The van der Waals surface area contributed by atoms with E-state index in [0.717, 1.165) is 12.3 Å². The van der Waals surface area contributed by atoms with Crippen LogP contribution in [0.25, 0.3) is 0 Å². The summed E-state index contributed by atoms with van der Waals surface area (Å²) in [6.07, 6.45) is 1.02. The van der Waals surface area contributed by atoms with Crippen molar-refractivity contribution in [3.63, 3.8) is 0 Å². The zero-order valence-corrected chi connectivity index (χ0v) is 10.7. The largest absolute Gasteiger partial charge is 0.507 e. The third-order valence-electron chi connectivity index (χ3n) is 2.80. The summed E-state index contributed by atoms with van der Waals surface area (Å²) in [5.74, 6) is -2.56. The van der Waals surface area contributed by atoms with Gasteiger partial charge in [0, 0.05) is 12.3 Å². The highest BCUT2D eigenvalue weighted by Gasteiger charge is 2.23. The highest BCUT2D eigenvalue weighted by atomic mass is 16.4. The second-order valence-electron chi connectivity index (χ2n) is 4.25. The molecule has 1 unspecified atom stereocenters. The van der Waals surface area contributed by atoms with E-state index in [4.69, 9.17) is 0 Å². The summed E-state index contributed by atoms with van der Waals surface area (Å²) in [7, 11) is 0. The maximum absolute atomic E-state index is 12.0. The molecule has 2 rings (SSSR count). The Bertz CT molecular complexity index is 724. The predicted molar refractivity (Wildman–Crippen MR) is 73.0 cm³/mol. The van der Waals surface area contributed by atoms with Crippen molar-refractivity contribution < 1.29 is 19.8 Å². The van der Waals surface area contributed by atoms with Crippen molar-refractivity contribution in [1.82, 2.24) is 10.3 Å². The second-order valence-corrected chi connectivity index (χ2v) is 4.25. The first-order valence-corrected chi connectivity index (χ1v) is 5.99. The number of aromatic nitrogens is 1. The number of rotatable bonds is 4. The lowest BCUT2D eigenvalue weighted by molar-refractivity contribution is -0.139. The quantitative estimate of drug-likeness (QED) is 0.658. The number of amides is 1. The lowest BCUT2D eigenvalue weighted by Crippen LogP contribution is -2.34. The monoisotopic (exact) mass is 288 g/mol. The van der Waals surface area contributed by atoms with Gasteiger partial charge in [0.15, 0.2) is 6.04 Å². The standard InChI is InChI=1S/C14H12N2O5/c17-10-6-11(18)15-7-9(10)13(19)16-12(14(20)21)8-4-2-1-3-5-8/h1-7,12H,(H,16,19)(H,20,21)(H2,15,17,18). The van der Waals surface area contributed by atoms with Crippen molar-refractivity contribution in [3.05, 3.63) is 64.1 Å². The first kappa shape index (κ1) is 14.3. The summed E-state index contributed by atoms with van der Waals surface area (Å²) in [5, 5.41) is 21.0. The van der Waals surface area contributed by atoms with Crippen LogP contribution in [0.2, 0.25) is 0 Å². The molecule has 0 aliphatic carbocycles. The molecule has 1 amide bonds. The Hall–Kier alpha value is -3.09. The van der Waals surface area contributed by atoms with Crippen molar-refractivity contribution in [1.29, 1.82) is 0 Å². The fourth-order valence-electron chi connectivity index (χ4n) is 1.78. The molecule has 108 valence electrons. The van der Waals surface area contributed by atoms with Gasteiger partial charge in [-0.1, -0.05) is 30.3 Å². The van der Waals surface area contributed by atoms with Crippen molar-refractivity contribution in [2.75, 3.05) is 0 Å². The van der Waals surface area contributed by atoms with E-state index in [-0.39, 0.29) is 5.56 Å². The van der Waals surface area contributed by atoms with E-state index < -0.39 is 29.2 Å². The normalized spacial score (nSPS) is 11.6.